The second kappa shape index (κ2) is 7.90. The Morgan fingerprint density at radius 3 is 2.81 bits per heavy atom. The van der Waals surface area contributed by atoms with E-state index < -0.39 is 5.97 Å². The molecule has 0 unspecified atom stereocenters. The normalized spacial score (nSPS) is 10.7. The van der Waals surface area contributed by atoms with Crippen molar-refractivity contribution in [2.24, 2.45) is 0 Å². The number of carbonyl (C=O) groups is 2. The van der Waals surface area contributed by atoms with Crippen molar-refractivity contribution in [2.75, 3.05) is 13.2 Å². The van der Waals surface area contributed by atoms with Crippen molar-refractivity contribution in [3.05, 3.63) is 65.1 Å². The fourth-order valence-corrected chi connectivity index (χ4v) is 2.96. The Morgan fingerprint density at radius 2 is 2.07 bits per heavy atom. The minimum atomic E-state index is -0.965. The molecule has 0 saturated carbocycles. The van der Waals surface area contributed by atoms with E-state index in [-0.39, 0.29) is 11.5 Å². The van der Waals surface area contributed by atoms with Crippen molar-refractivity contribution in [1.29, 1.82) is 0 Å². The molecule has 0 fully saturated rings. The number of aromatic carboxylic acids is 1. The molecule has 3 aromatic rings. The zero-order valence-electron chi connectivity index (χ0n) is 15.2. The Kier molecular flexibility index (Phi) is 5.40. The first-order valence-corrected chi connectivity index (χ1v) is 8.72. The number of imidazole rings is 1. The molecule has 0 aliphatic carbocycles. The Bertz CT molecular complexity index is 994. The molecule has 1 amide bonds. The number of nitrogens with one attached hydrogen (secondary N) is 1. The number of aromatic nitrogens is 2. The van der Waals surface area contributed by atoms with Crippen LogP contribution < -0.4 is 10.1 Å². The van der Waals surface area contributed by atoms with Crippen molar-refractivity contribution in [2.45, 2.75) is 20.3 Å². The maximum Gasteiger partial charge on any atom is 0.335 e. The topological polar surface area (TPSA) is 92.9 Å². The molecule has 3 rings (SSSR count). The lowest BCUT2D eigenvalue weighted by molar-refractivity contribution is 0.0696. The smallest absolute Gasteiger partial charge is 0.335 e. The molecule has 0 aliphatic rings. The molecule has 0 spiro atoms. The molecule has 0 atom stereocenters. The van der Waals surface area contributed by atoms with Gasteiger partial charge in [0.05, 0.1) is 17.9 Å². The van der Waals surface area contributed by atoms with Gasteiger partial charge >= 0.3 is 5.97 Å². The molecule has 0 aliphatic heterocycles. The molecule has 1 aromatic carbocycles. The number of carboxylic acids is 1. The maximum absolute atomic E-state index is 12.7. The lowest BCUT2D eigenvalue weighted by atomic mass is 10.1. The van der Waals surface area contributed by atoms with Gasteiger partial charge in [-0.05, 0) is 50.1 Å². The molecule has 7 heteroatoms. The zero-order valence-corrected chi connectivity index (χ0v) is 15.2. The number of fused-ring (bicyclic) bond motifs is 1. The number of aryl methyl sites for hydroxylation is 1. The molecule has 140 valence electrons. The van der Waals surface area contributed by atoms with Crippen LogP contribution in [0.3, 0.4) is 0 Å². The lowest BCUT2D eigenvalue weighted by Gasteiger charge is -2.08. The van der Waals surface area contributed by atoms with Crippen molar-refractivity contribution in [3.8, 4) is 5.75 Å². The number of nitrogens with zero attached hydrogens (tertiary/aromatic N) is 2. The first-order chi connectivity index (χ1) is 13.0. The summed E-state index contributed by atoms with van der Waals surface area (Å²) >= 11 is 0. The van der Waals surface area contributed by atoms with E-state index in [0.29, 0.717) is 42.4 Å². The Morgan fingerprint density at radius 1 is 1.26 bits per heavy atom. The number of hydrogen-bond acceptors (Lipinski definition) is 4. The van der Waals surface area contributed by atoms with Crippen LogP contribution in [0.25, 0.3) is 5.65 Å². The van der Waals surface area contributed by atoms with E-state index in [9.17, 15) is 9.59 Å². The van der Waals surface area contributed by atoms with Crippen LogP contribution in [0.4, 0.5) is 0 Å². The van der Waals surface area contributed by atoms with Crippen LogP contribution in [0.1, 0.15) is 39.0 Å². The van der Waals surface area contributed by atoms with E-state index in [0.717, 1.165) is 5.56 Å². The fourth-order valence-electron chi connectivity index (χ4n) is 2.96. The molecule has 2 heterocycles. The number of carboxylic acid groups (broad SMARTS) is 1. The monoisotopic (exact) mass is 367 g/mol. The number of rotatable bonds is 7. The summed E-state index contributed by atoms with van der Waals surface area (Å²) in [5.41, 5.74) is 2.78. The summed E-state index contributed by atoms with van der Waals surface area (Å²) in [6, 6.07) is 10.3. The Hall–Kier alpha value is -3.35. The highest BCUT2D eigenvalue weighted by Crippen LogP contribution is 2.22. The number of hydrogen-bond donors (Lipinski definition) is 2. The van der Waals surface area contributed by atoms with Crippen LogP contribution in [-0.4, -0.2) is 39.5 Å². The van der Waals surface area contributed by atoms with Crippen LogP contribution in [0.15, 0.2) is 42.6 Å². The summed E-state index contributed by atoms with van der Waals surface area (Å²) in [6.07, 6.45) is 2.32. The summed E-state index contributed by atoms with van der Waals surface area (Å²) in [5.74, 6) is -0.567. The lowest BCUT2D eigenvalue weighted by Crippen LogP contribution is -2.27. The molecule has 0 saturated heterocycles. The molecule has 0 bridgehead atoms. The summed E-state index contributed by atoms with van der Waals surface area (Å²) in [5, 5.41) is 11.9. The van der Waals surface area contributed by atoms with Gasteiger partial charge in [0.25, 0.3) is 5.91 Å². The van der Waals surface area contributed by atoms with Gasteiger partial charge in [-0.25, -0.2) is 9.78 Å². The van der Waals surface area contributed by atoms with Crippen molar-refractivity contribution in [3.63, 3.8) is 0 Å². The minimum absolute atomic E-state index is 0.233. The highest BCUT2D eigenvalue weighted by molar-refractivity contribution is 5.95. The molecular formula is C20H21N3O4. The third-order valence-corrected chi connectivity index (χ3v) is 4.18. The standard InChI is InChI=1S/C20H21N3O4/c1-3-27-16-8-5-11-23-17(13(2)22-18(16)23)19(24)21-10-9-14-6-4-7-15(12-14)20(25)26/h4-8,11-12H,3,9-10H2,1-2H3,(H,21,24)(H,25,26). The summed E-state index contributed by atoms with van der Waals surface area (Å²) in [6.45, 7) is 4.59. The van der Waals surface area contributed by atoms with E-state index in [4.69, 9.17) is 9.84 Å². The van der Waals surface area contributed by atoms with E-state index >= 15 is 0 Å². The van der Waals surface area contributed by atoms with Crippen LogP contribution in [-0.2, 0) is 6.42 Å². The van der Waals surface area contributed by atoms with E-state index in [2.05, 4.69) is 10.3 Å². The summed E-state index contributed by atoms with van der Waals surface area (Å²) in [4.78, 5) is 28.2. The summed E-state index contributed by atoms with van der Waals surface area (Å²) in [7, 11) is 0. The predicted octanol–water partition coefficient (Wildman–Crippen LogP) is 2.71. The number of pyridine rings is 1. The van der Waals surface area contributed by atoms with Gasteiger partial charge in [0.2, 0.25) is 0 Å². The average molecular weight is 367 g/mol. The van der Waals surface area contributed by atoms with Gasteiger partial charge in [-0.3, -0.25) is 9.20 Å². The second-order valence-corrected chi connectivity index (χ2v) is 6.06. The average Bonchev–Trinajstić information content (AvgIpc) is 2.99. The third kappa shape index (κ3) is 3.92. The van der Waals surface area contributed by atoms with Gasteiger partial charge in [0.1, 0.15) is 5.69 Å². The zero-order chi connectivity index (χ0) is 19.4. The SMILES string of the molecule is CCOc1cccn2c(C(=O)NCCc3cccc(C(=O)O)c3)c(C)nc12. The van der Waals surface area contributed by atoms with Crippen molar-refractivity contribution >= 4 is 17.5 Å². The molecule has 2 N–H and O–H groups in total. The molecule has 27 heavy (non-hydrogen) atoms. The van der Waals surface area contributed by atoms with Gasteiger partial charge in [0.15, 0.2) is 11.4 Å². The van der Waals surface area contributed by atoms with Crippen LogP contribution in [0.5, 0.6) is 5.75 Å². The Labute approximate surface area is 156 Å². The van der Waals surface area contributed by atoms with Crippen molar-refractivity contribution in [1.82, 2.24) is 14.7 Å². The van der Waals surface area contributed by atoms with Gasteiger partial charge in [-0.2, -0.15) is 0 Å². The quantitative estimate of drug-likeness (QED) is 0.670. The maximum atomic E-state index is 12.7. The molecule has 2 aromatic heterocycles. The Balaban J connectivity index is 1.73. The predicted molar refractivity (Wildman–Crippen MR) is 101 cm³/mol. The number of benzene rings is 1. The van der Waals surface area contributed by atoms with Crippen molar-refractivity contribution < 1.29 is 19.4 Å². The first-order valence-electron chi connectivity index (χ1n) is 8.72. The molecule has 0 radical (unpaired) electrons. The van der Waals surface area contributed by atoms with Crippen LogP contribution in [0, 0.1) is 6.92 Å². The second-order valence-electron chi connectivity index (χ2n) is 6.06. The number of carbonyl (C=O) groups excluding carboxylic acids is 1. The molecular weight excluding hydrogens is 346 g/mol. The fraction of sp³-hybridized carbons (Fsp3) is 0.250. The van der Waals surface area contributed by atoms with Gasteiger partial charge in [-0.1, -0.05) is 12.1 Å². The highest BCUT2D eigenvalue weighted by Gasteiger charge is 2.18. The highest BCUT2D eigenvalue weighted by atomic mass is 16.5. The van der Waals surface area contributed by atoms with E-state index in [1.165, 1.54) is 0 Å². The summed E-state index contributed by atoms with van der Waals surface area (Å²) < 4.78 is 7.30. The van der Waals surface area contributed by atoms with E-state index in [1.54, 1.807) is 35.7 Å². The third-order valence-electron chi connectivity index (χ3n) is 4.18. The van der Waals surface area contributed by atoms with Crippen LogP contribution in [0.2, 0.25) is 0 Å². The largest absolute Gasteiger partial charge is 0.490 e. The number of amides is 1. The van der Waals surface area contributed by atoms with Gasteiger partial charge in [-0.15, -0.1) is 0 Å². The van der Waals surface area contributed by atoms with E-state index in [1.807, 2.05) is 25.1 Å². The van der Waals surface area contributed by atoms with Gasteiger partial charge in [0, 0.05) is 12.7 Å². The first kappa shape index (κ1) is 18.4. The number of ether oxygens (including phenoxy) is 1. The van der Waals surface area contributed by atoms with Gasteiger partial charge < -0.3 is 15.2 Å². The molecule has 7 nitrogen and oxygen atoms in total. The minimum Gasteiger partial charge on any atom is -0.490 e. The van der Waals surface area contributed by atoms with Crippen LogP contribution >= 0.6 is 0 Å².